The zero-order valence-corrected chi connectivity index (χ0v) is 16.5. The van der Waals surface area contributed by atoms with E-state index in [4.69, 9.17) is 9.47 Å². The predicted octanol–water partition coefficient (Wildman–Crippen LogP) is 1.77. The Morgan fingerprint density at radius 2 is 2.07 bits per heavy atom. The first-order valence-electron chi connectivity index (χ1n) is 10.0. The van der Waals surface area contributed by atoms with Gasteiger partial charge < -0.3 is 19.7 Å². The van der Waals surface area contributed by atoms with E-state index in [-0.39, 0.29) is 29.6 Å². The first kappa shape index (κ1) is 19.1. The highest BCUT2D eigenvalue weighted by molar-refractivity contribution is 5.94. The molecule has 4 aliphatic rings. The lowest BCUT2D eigenvalue weighted by molar-refractivity contribution is -0.238. The van der Waals surface area contributed by atoms with Crippen LogP contribution in [0, 0.1) is 23.2 Å². The molecule has 27 heavy (non-hydrogen) atoms. The molecule has 1 heterocycles. The van der Waals surface area contributed by atoms with Crippen molar-refractivity contribution in [2.45, 2.75) is 77.3 Å². The standard InChI is InChI=1S/C21H30O6/c1-10-5-6-21(25)8-14-13-9-26-15(13)7-16(23)20(14,4)19(24)18(27-12(3)22)17(10)11(21)2/h11,13-16,18,23,25H,5-9H2,1-4H3/t11-,13-,14?,15+,16-,18+,20-,21+/m0/s1. The second-order valence-electron chi connectivity index (χ2n) is 9.30. The molecular formula is C21H30O6. The molecule has 1 unspecified atom stereocenters. The summed E-state index contributed by atoms with van der Waals surface area (Å²) in [5.74, 6) is -1.08. The highest BCUT2D eigenvalue weighted by Gasteiger charge is 2.64. The minimum atomic E-state index is -1.07. The van der Waals surface area contributed by atoms with Crippen molar-refractivity contribution < 1.29 is 29.3 Å². The van der Waals surface area contributed by atoms with Gasteiger partial charge in [0.2, 0.25) is 0 Å². The van der Waals surface area contributed by atoms with Crippen LogP contribution in [-0.2, 0) is 19.1 Å². The minimum Gasteiger partial charge on any atom is -0.450 e. The Hall–Kier alpha value is -1.24. The van der Waals surface area contributed by atoms with Gasteiger partial charge >= 0.3 is 5.97 Å². The summed E-state index contributed by atoms with van der Waals surface area (Å²) in [4.78, 5) is 25.6. The average molecular weight is 378 g/mol. The number of fused-ring (bicyclic) bond motifs is 5. The molecule has 4 rings (SSSR count). The number of carbonyl (C=O) groups excluding carboxylic acids is 2. The summed E-state index contributed by atoms with van der Waals surface area (Å²) in [5.41, 5.74) is -0.314. The van der Waals surface area contributed by atoms with E-state index in [1.54, 1.807) is 6.92 Å². The molecule has 2 N–H and O–H groups in total. The summed E-state index contributed by atoms with van der Waals surface area (Å²) in [5, 5.41) is 22.6. The number of ether oxygens (including phenoxy) is 2. The Morgan fingerprint density at radius 3 is 2.67 bits per heavy atom. The van der Waals surface area contributed by atoms with E-state index in [1.165, 1.54) is 6.92 Å². The predicted molar refractivity (Wildman–Crippen MR) is 96.7 cm³/mol. The molecule has 3 fully saturated rings. The van der Waals surface area contributed by atoms with Crippen LogP contribution in [0.5, 0.6) is 0 Å². The van der Waals surface area contributed by atoms with E-state index in [1.807, 2.05) is 13.8 Å². The van der Waals surface area contributed by atoms with Crippen LogP contribution in [0.2, 0.25) is 0 Å². The van der Waals surface area contributed by atoms with Gasteiger partial charge in [0.05, 0.1) is 29.8 Å². The van der Waals surface area contributed by atoms with Gasteiger partial charge in [-0.3, -0.25) is 9.59 Å². The molecule has 1 aliphatic heterocycles. The Morgan fingerprint density at radius 1 is 1.37 bits per heavy atom. The van der Waals surface area contributed by atoms with Crippen LogP contribution >= 0.6 is 0 Å². The van der Waals surface area contributed by atoms with Crippen LogP contribution in [0.3, 0.4) is 0 Å². The van der Waals surface area contributed by atoms with Crippen LogP contribution < -0.4 is 0 Å². The van der Waals surface area contributed by atoms with Crippen molar-refractivity contribution >= 4 is 11.8 Å². The van der Waals surface area contributed by atoms with Crippen molar-refractivity contribution in [3.8, 4) is 0 Å². The van der Waals surface area contributed by atoms with Gasteiger partial charge in [-0.1, -0.05) is 12.5 Å². The summed E-state index contributed by atoms with van der Waals surface area (Å²) in [6.07, 6.45) is 0.182. The maximum Gasteiger partial charge on any atom is 0.303 e. The number of Topliss-reactive ketones (excluding diaryl/α,β-unsaturated/α-hetero) is 1. The number of carbonyl (C=O) groups is 2. The van der Waals surface area contributed by atoms with Crippen LogP contribution in [0.15, 0.2) is 11.1 Å². The molecular weight excluding hydrogens is 348 g/mol. The smallest absolute Gasteiger partial charge is 0.303 e. The van der Waals surface area contributed by atoms with E-state index >= 15 is 0 Å². The molecule has 2 bridgehead atoms. The van der Waals surface area contributed by atoms with Gasteiger partial charge in [0.15, 0.2) is 11.9 Å². The van der Waals surface area contributed by atoms with Gasteiger partial charge in [-0.25, -0.2) is 0 Å². The van der Waals surface area contributed by atoms with Crippen LogP contribution in [0.4, 0.5) is 0 Å². The average Bonchev–Trinajstić information content (AvgIpc) is 2.57. The highest BCUT2D eigenvalue weighted by Crippen LogP contribution is 2.58. The normalized spacial score (nSPS) is 49.3. The number of aliphatic hydroxyl groups is 2. The van der Waals surface area contributed by atoms with Gasteiger partial charge in [-0.2, -0.15) is 0 Å². The van der Waals surface area contributed by atoms with Crippen molar-refractivity contribution in [2.24, 2.45) is 23.2 Å². The lowest BCUT2D eigenvalue weighted by Gasteiger charge is -2.60. The Balaban J connectivity index is 1.88. The number of allylic oxidation sites excluding steroid dienone is 1. The van der Waals surface area contributed by atoms with Crippen molar-refractivity contribution in [2.75, 3.05) is 6.61 Å². The van der Waals surface area contributed by atoms with Crippen LogP contribution in [-0.4, -0.2) is 52.5 Å². The molecule has 0 radical (unpaired) electrons. The Kier molecular flexibility index (Phi) is 4.33. The molecule has 2 saturated carbocycles. The second-order valence-corrected chi connectivity index (χ2v) is 9.30. The number of hydrogen-bond acceptors (Lipinski definition) is 6. The summed E-state index contributed by atoms with van der Waals surface area (Å²) < 4.78 is 11.2. The van der Waals surface area contributed by atoms with Crippen molar-refractivity contribution in [3.63, 3.8) is 0 Å². The second kappa shape index (κ2) is 6.13. The molecule has 3 aliphatic carbocycles. The minimum absolute atomic E-state index is 0.0586. The largest absolute Gasteiger partial charge is 0.450 e. The zero-order chi connectivity index (χ0) is 19.7. The number of esters is 1. The van der Waals surface area contributed by atoms with Gasteiger partial charge in [-0.05, 0) is 44.6 Å². The maximum absolute atomic E-state index is 13.8. The SMILES string of the molecule is CC(=O)O[C@H]1C(=O)[C@@]2(C)C(C[C@]3(O)CCC(C)=C1[C@@H]3C)[C@@H]1CO[C@@H]1C[C@@H]2O. The molecule has 1 saturated heterocycles. The van der Waals surface area contributed by atoms with Gasteiger partial charge in [-0.15, -0.1) is 0 Å². The van der Waals surface area contributed by atoms with Crippen molar-refractivity contribution in [1.82, 2.24) is 0 Å². The fourth-order valence-electron chi connectivity index (χ4n) is 6.07. The summed E-state index contributed by atoms with van der Waals surface area (Å²) in [6, 6.07) is 0. The summed E-state index contributed by atoms with van der Waals surface area (Å²) in [7, 11) is 0. The molecule has 6 heteroatoms. The first-order valence-corrected chi connectivity index (χ1v) is 10.0. The zero-order valence-electron chi connectivity index (χ0n) is 16.5. The summed E-state index contributed by atoms with van der Waals surface area (Å²) >= 11 is 0. The lowest BCUT2D eigenvalue weighted by atomic mass is 9.50. The Labute approximate surface area is 159 Å². The van der Waals surface area contributed by atoms with Gasteiger partial charge in [0, 0.05) is 25.2 Å². The van der Waals surface area contributed by atoms with Gasteiger partial charge in [0.1, 0.15) is 0 Å². The quantitative estimate of drug-likeness (QED) is 0.534. The third-order valence-electron chi connectivity index (χ3n) is 8.02. The number of ketones is 1. The highest BCUT2D eigenvalue weighted by atomic mass is 16.5. The van der Waals surface area contributed by atoms with E-state index in [2.05, 4.69) is 0 Å². The first-order chi connectivity index (χ1) is 12.6. The topological polar surface area (TPSA) is 93.1 Å². The molecule has 0 amide bonds. The van der Waals surface area contributed by atoms with Crippen LogP contribution in [0.25, 0.3) is 0 Å². The van der Waals surface area contributed by atoms with Crippen molar-refractivity contribution in [1.29, 1.82) is 0 Å². The molecule has 6 nitrogen and oxygen atoms in total. The number of hydrogen-bond donors (Lipinski definition) is 2. The molecule has 8 atom stereocenters. The lowest BCUT2D eigenvalue weighted by Crippen LogP contribution is -2.67. The number of rotatable bonds is 1. The fourth-order valence-corrected chi connectivity index (χ4v) is 6.07. The van der Waals surface area contributed by atoms with E-state index in [0.29, 0.717) is 32.3 Å². The Bertz CT molecular complexity index is 713. The molecule has 0 aromatic rings. The monoisotopic (exact) mass is 378 g/mol. The van der Waals surface area contributed by atoms with E-state index in [0.717, 1.165) is 11.1 Å². The summed E-state index contributed by atoms with van der Waals surface area (Å²) in [6.45, 7) is 7.52. The van der Waals surface area contributed by atoms with E-state index < -0.39 is 29.2 Å². The van der Waals surface area contributed by atoms with Crippen molar-refractivity contribution in [3.05, 3.63) is 11.1 Å². The third kappa shape index (κ3) is 2.56. The van der Waals surface area contributed by atoms with Gasteiger partial charge in [0.25, 0.3) is 0 Å². The third-order valence-corrected chi connectivity index (χ3v) is 8.02. The van der Waals surface area contributed by atoms with E-state index in [9.17, 15) is 19.8 Å². The fraction of sp³-hybridized carbons (Fsp3) is 0.810. The molecule has 0 spiro atoms. The molecule has 150 valence electrons. The molecule has 0 aromatic carbocycles. The number of aliphatic hydroxyl groups excluding tert-OH is 1. The van der Waals surface area contributed by atoms with Crippen LogP contribution in [0.1, 0.15) is 53.4 Å². The molecule has 0 aromatic heterocycles. The maximum atomic E-state index is 13.8.